The SMILES string of the molecule is CCN1CCCCCCCCCCCC1. The molecule has 0 N–H and O–H groups in total. The fourth-order valence-electron chi connectivity index (χ4n) is 2.51. The molecular weight excluding hydrogens is 182 g/mol. The molecule has 0 unspecified atom stereocenters. The van der Waals surface area contributed by atoms with Crippen LogP contribution in [-0.4, -0.2) is 24.5 Å². The van der Waals surface area contributed by atoms with Crippen molar-refractivity contribution in [2.45, 2.75) is 71.1 Å². The Hall–Kier alpha value is -0.0400. The Bertz CT molecular complexity index is 119. The van der Waals surface area contributed by atoms with Crippen molar-refractivity contribution < 1.29 is 0 Å². The molecular formula is C14H29N. The topological polar surface area (TPSA) is 3.24 Å². The van der Waals surface area contributed by atoms with Gasteiger partial charge in [-0.2, -0.15) is 0 Å². The number of rotatable bonds is 1. The van der Waals surface area contributed by atoms with Crippen LogP contribution in [-0.2, 0) is 0 Å². The van der Waals surface area contributed by atoms with E-state index in [0.29, 0.717) is 0 Å². The minimum atomic E-state index is 1.25. The van der Waals surface area contributed by atoms with Gasteiger partial charge in [-0.3, -0.25) is 0 Å². The van der Waals surface area contributed by atoms with E-state index in [2.05, 4.69) is 11.8 Å². The van der Waals surface area contributed by atoms with E-state index in [-0.39, 0.29) is 0 Å². The van der Waals surface area contributed by atoms with Gasteiger partial charge in [0.1, 0.15) is 0 Å². The highest BCUT2D eigenvalue weighted by molar-refractivity contribution is 4.58. The second-order valence-corrected chi connectivity index (χ2v) is 4.97. The Morgan fingerprint density at radius 2 is 0.933 bits per heavy atom. The molecule has 1 fully saturated rings. The Morgan fingerprint density at radius 1 is 0.600 bits per heavy atom. The van der Waals surface area contributed by atoms with Gasteiger partial charge in [0.05, 0.1) is 0 Å². The first-order valence-corrected chi connectivity index (χ1v) is 7.16. The van der Waals surface area contributed by atoms with Gasteiger partial charge in [-0.1, -0.05) is 58.3 Å². The predicted octanol–water partition coefficient (Wildman–Crippen LogP) is 4.22. The smallest absolute Gasteiger partial charge is 0.00189 e. The lowest BCUT2D eigenvalue weighted by Gasteiger charge is -2.19. The summed E-state index contributed by atoms with van der Waals surface area (Å²) in [6.45, 7) is 6.24. The first-order valence-electron chi connectivity index (χ1n) is 7.16. The van der Waals surface area contributed by atoms with Gasteiger partial charge in [0.15, 0.2) is 0 Å². The van der Waals surface area contributed by atoms with Gasteiger partial charge in [-0.05, 0) is 32.5 Å². The van der Waals surface area contributed by atoms with Gasteiger partial charge in [0.25, 0.3) is 0 Å². The van der Waals surface area contributed by atoms with Crippen LogP contribution in [0.5, 0.6) is 0 Å². The van der Waals surface area contributed by atoms with Crippen molar-refractivity contribution in [3.63, 3.8) is 0 Å². The fraction of sp³-hybridized carbons (Fsp3) is 1.00. The molecule has 0 aromatic rings. The largest absolute Gasteiger partial charge is 0.304 e. The molecule has 1 saturated heterocycles. The van der Waals surface area contributed by atoms with Crippen LogP contribution >= 0.6 is 0 Å². The summed E-state index contributed by atoms with van der Waals surface area (Å²) in [5.74, 6) is 0. The van der Waals surface area contributed by atoms with Crippen molar-refractivity contribution >= 4 is 0 Å². The second kappa shape index (κ2) is 9.21. The number of nitrogens with zero attached hydrogens (tertiary/aromatic N) is 1. The Morgan fingerprint density at radius 3 is 1.27 bits per heavy atom. The van der Waals surface area contributed by atoms with E-state index in [9.17, 15) is 0 Å². The van der Waals surface area contributed by atoms with Crippen molar-refractivity contribution in [3.8, 4) is 0 Å². The molecule has 0 aromatic heterocycles. The van der Waals surface area contributed by atoms with E-state index in [1.165, 1.54) is 83.8 Å². The van der Waals surface area contributed by atoms with Crippen LogP contribution in [0.3, 0.4) is 0 Å². The van der Waals surface area contributed by atoms with Gasteiger partial charge < -0.3 is 4.90 Å². The van der Waals surface area contributed by atoms with Crippen LogP contribution in [0.2, 0.25) is 0 Å². The second-order valence-electron chi connectivity index (χ2n) is 4.97. The van der Waals surface area contributed by atoms with Gasteiger partial charge in [-0.15, -0.1) is 0 Å². The monoisotopic (exact) mass is 211 g/mol. The van der Waals surface area contributed by atoms with Crippen molar-refractivity contribution in [2.24, 2.45) is 0 Å². The minimum Gasteiger partial charge on any atom is -0.304 e. The maximum atomic E-state index is 2.64. The molecule has 0 saturated carbocycles. The number of hydrogen-bond donors (Lipinski definition) is 0. The molecule has 1 nitrogen and oxygen atoms in total. The molecule has 1 aliphatic rings. The summed E-state index contributed by atoms with van der Waals surface area (Å²) in [5.41, 5.74) is 0. The van der Waals surface area contributed by atoms with E-state index in [0.717, 1.165) is 0 Å². The third-order valence-corrected chi connectivity index (χ3v) is 3.65. The molecule has 0 aromatic carbocycles. The Balaban J connectivity index is 2.17. The van der Waals surface area contributed by atoms with Crippen molar-refractivity contribution in [3.05, 3.63) is 0 Å². The summed E-state index contributed by atoms with van der Waals surface area (Å²) in [6, 6.07) is 0. The van der Waals surface area contributed by atoms with Gasteiger partial charge in [0.2, 0.25) is 0 Å². The third kappa shape index (κ3) is 6.94. The zero-order chi connectivity index (χ0) is 10.8. The van der Waals surface area contributed by atoms with Crippen molar-refractivity contribution in [2.75, 3.05) is 19.6 Å². The molecule has 0 radical (unpaired) electrons. The summed E-state index contributed by atoms with van der Waals surface area (Å²) >= 11 is 0. The van der Waals surface area contributed by atoms with Gasteiger partial charge >= 0.3 is 0 Å². The van der Waals surface area contributed by atoms with E-state index in [4.69, 9.17) is 0 Å². The highest BCUT2D eigenvalue weighted by atomic mass is 15.1. The third-order valence-electron chi connectivity index (χ3n) is 3.65. The maximum Gasteiger partial charge on any atom is -0.00189 e. The van der Waals surface area contributed by atoms with Crippen LogP contribution in [0.1, 0.15) is 71.1 Å². The first-order chi connectivity index (χ1) is 7.43. The molecule has 90 valence electrons. The Kier molecular flexibility index (Phi) is 7.99. The molecule has 0 amide bonds. The average molecular weight is 211 g/mol. The predicted molar refractivity (Wildman–Crippen MR) is 68.3 cm³/mol. The van der Waals surface area contributed by atoms with E-state index in [1.54, 1.807) is 0 Å². The molecule has 0 atom stereocenters. The number of hydrogen-bond acceptors (Lipinski definition) is 1. The molecule has 1 aliphatic heterocycles. The summed E-state index contributed by atoms with van der Waals surface area (Å²) in [7, 11) is 0. The molecule has 15 heavy (non-hydrogen) atoms. The zero-order valence-electron chi connectivity index (χ0n) is 10.6. The van der Waals surface area contributed by atoms with E-state index >= 15 is 0 Å². The minimum absolute atomic E-state index is 1.25. The highest BCUT2D eigenvalue weighted by Gasteiger charge is 2.02. The van der Waals surface area contributed by atoms with Crippen LogP contribution in [0.15, 0.2) is 0 Å². The van der Waals surface area contributed by atoms with Crippen molar-refractivity contribution in [1.29, 1.82) is 0 Å². The average Bonchev–Trinajstić information content (AvgIpc) is 2.29. The molecule has 1 rings (SSSR count). The zero-order valence-corrected chi connectivity index (χ0v) is 10.6. The molecule has 1 heterocycles. The van der Waals surface area contributed by atoms with Crippen LogP contribution in [0.25, 0.3) is 0 Å². The normalized spacial score (nSPS) is 23.8. The van der Waals surface area contributed by atoms with Crippen molar-refractivity contribution in [1.82, 2.24) is 4.90 Å². The molecule has 0 spiro atoms. The van der Waals surface area contributed by atoms with Crippen LogP contribution in [0, 0.1) is 0 Å². The lowest BCUT2D eigenvalue weighted by atomic mass is 10.1. The maximum absolute atomic E-state index is 2.64. The summed E-state index contributed by atoms with van der Waals surface area (Å²) in [4.78, 5) is 2.64. The van der Waals surface area contributed by atoms with Gasteiger partial charge in [-0.25, -0.2) is 0 Å². The molecule has 1 heteroatoms. The lowest BCUT2D eigenvalue weighted by Crippen LogP contribution is -2.25. The summed E-state index contributed by atoms with van der Waals surface area (Å²) < 4.78 is 0. The molecule has 0 bridgehead atoms. The highest BCUT2D eigenvalue weighted by Crippen LogP contribution is 2.12. The van der Waals surface area contributed by atoms with Crippen LogP contribution < -0.4 is 0 Å². The first kappa shape index (κ1) is 13.0. The summed E-state index contributed by atoms with van der Waals surface area (Å²) in [5, 5.41) is 0. The lowest BCUT2D eigenvalue weighted by molar-refractivity contribution is 0.274. The fourth-order valence-corrected chi connectivity index (χ4v) is 2.51. The van der Waals surface area contributed by atoms with Gasteiger partial charge in [0, 0.05) is 0 Å². The van der Waals surface area contributed by atoms with E-state index < -0.39 is 0 Å². The quantitative estimate of drug-likeness (QED) is 0.627. The van der Waals surface area contributed by atoms with Crippen LogP contribution in [0.4, 0.5) is 0 Å². The molecule has 0 aliphatic carbocycles. The van der Waals surface area contributed by atoms with E-state index in [1.807, 2.05) is 0 Å². The summed E-state index contributed by atoms with van der Waals surface area (Å²) in [6.07, 6.45) is 14.6. The standard InChI is InChI=1S/C14H29N/c1-2-15-13-11-9-7-5-3-4-6-8-10-12-14-15/h2-14H2,1H3. The Labute approximate surface area is 96.2 Å².